The van der Waals surface area contributed by atoms with Gasteiger partial charge in [-0.1, -0.05) is 36.4 Å². The fraction of sp³-hybridized carbons (Fsp3) is 0.200. The first-order chi connectivity index (χ1) is 15.8. The zero-order chi connectivity index (χ0) is 23.8. The highest BCUT2D eigenvalue weighted by atomic mass is 32.2. The Bertz CT molecular complexity index is 1240. The van der Waals surface area contributed by atoms with Crippen LogP contribution in [0.2, 0.25) is 0 Å². The van der Waals surface area contributed by atoms with Crippen molar-refractivity contribution in [1.29, 1.82) is 0 Å². The molecule has 8 heteroatoms. The molecule has 0 spiro atoms. The Hall–Kier alpha value is -3.65. The Morgan fingerprint density at radius 1 is 0.909 bits per heavy atom. The van der Waals surface area contributed by atoms with E-state index in [2.05, 4.69) is 4.72 Å². The molecule has 0 aliphatic carbocycles. The molecule has 0 saturated heterocycles. The summed E-state index contributed by atoms with van der Waals surface area (Å²) in [6, 6.07) is 19.8. The topological polar surface area (TPSA) is 98.8 Å². The van der Waals surface area contributed by atoms with Gasteiger partial charge in [0.1, 0.15) is 12.4 Å². The van der Waals surface area contributed by atoms with Gasteiger partial charge in [-0.05, 0) is 55.8 Å². The number of benzene rings is 3. The molecule has 7 nitrogen and oxygen atoms in total. The van der Waals surface area contributed by atoms with E-state index in [0.717, 1.165) is 0 Å². The van der Waals surface area contributed by atoms with E-state index in [0.29, 0.717) is 29.0 Å². The molecule has 0 aromatic heterocycles. The average molecular weight is 468 g/mol. The van der Waals surface area contributed by atoms with Crippen molar-refractivity contribution in [3.05, 3.63) is 95.1 Å². The molecule has 3 rings (SSSR count). The van der Waals surface area contributed by atoms with E-state index in [1.165, 1.54) is 19.1 Å². The molecule has 0 unspecified atom stereocenters. The lowest BCUT2D eigenvalue weighted by molar-refractivity contribution is 0.0469. The Kier molecular flexibility index (Phi) is 7.84. The number of ketones is 1. The van der Waals surface area contributed by atoms with Crippen molar-refractivity contribution >= 4 is 27.5 Å². The monoisotopic (exact) mass is 467 g/mol. The van der Waals surface area contributed by atoms with E-state index >= 15 is 0 Å². The predicted octanol–water partition coefficient (Wildman–Crippen LogP) is 4.59. The number of rotatable bonds is 10. The van der Waals surface area contributed by atoms with Crippen LogP contribution in [0.5, 0.6) is 5.75 Å². The lowest BCUT2D eigenvalue weighted by Gasteiger charge is -2.13. The summed E-state index contributed by atoms with van der Waals surface area (Å²) in [5.74, 6) is -0.400. The van der Waals surface area contributed by atoms with Crippen molar-refractivity contribution < 1.29 is 27.5 Å². The maximum atomic E-state index is 12.6. The minimum absolute atomic E-state index is 0.0980. The summed E-state index contributed by atoms with van der Waals surface area (Å²) >= 11 is 0. The van der Waals surface area contributed by atoms with Crippen LogP contribution in [0.3, 0.4) is 0 Å². The van der Waals surface area contributed by atoms with Crippen LogP contribution in [0.1, 0.15) is 45.7 Å². The first-order valence-electron chi connectivity index (χ1n) is 10.4. The van der Waals surface area contributed by atoms with Crippen molar-refractivity contribution in [3.8, 4) is 5.75 Å². The summed E-state index contributed by atoms with van der Waals surface area (Å²) in [4.78, 5) is 24.3. The molecule has 0 heterocycles. The lowest BCUT2D eigenvalue weighted by Crippen LogP contribution is -2.15. The first kappa shape index (κ1) is 24.0. The maximum Gasteiger partial charge on any atom is 0.338 e. The first-order valence-corrected chi connectivity index (χ1v) is 12.0. The number of sulfonamides is 1. The molecule has 0 amide bonds. The van der Waals surface area contributed by atoms with E-state index in [-0.39, 0.29) is 29.4 Å². The highest BCUT2D eigenvalue weighted by Gasteiger charge is 2.15. The molecular formula is C25H25NO6S. The van der Waals surface area contributed by atoms with Crippen LogP contribution < -0.4 is 9.46 Å². The van der Waals surface area contributed by atoms with Gasteiger partial charge in [0.15, 0.2) is 5.78 Å². The van der Waals surface area contributed by atoms with Crippen molar-refractivity contribution in [3.63, 3.8) is 0 Å². The van der Waals surface area contributed by atoms with Gasteiger partial charge in [-0.15, -0.1) is 0 Å². The molecule has 0 fully saturated rings. The van der Waals surface area contributed by atoms with Gasteiger partial charge in [0.2, 0.25) is 10.0 Å². The van der Waals surface area contributed by atoms with E-state index in [9.17, 15) is 18.0 Å². The zero-order valence-corrected chi connectivity index (χ0v) is 19.2. The fourth-order valence-electron chi connectivity index (χ4n) is 3.15. The minimum Gasteiger partial charge on any atom is -0.493 e. The molecular weight excluding hydrogens is 442 g/mol. The van der Waals surface area contributed by atoms with Gasteiger partial charge in [-0.25, -0.2) is 13.2 Å². The quantitative estimate of drug-likeness (QED) is 0.346. The normalized spacial score (nSPS) is 11.0. The molecule has 172 valence electrons. The molecule has 3 aromatic rings. The average Bonchev–Trinajstić information content (AvgIpc) is 2.78. The fourth-order valence-corrected chi connectivity index (χ4v) is 4.34. The van der Waals surface area contributed by atoms with Gasteiger partial charge >= 0.3 is 5.97 Å². The highest BCUT2D eigenvalue weighted by Crippen LogP contribution is 2.23. The lowest BCUT2D eigenvalue weighted by atomic mass is 10.1. The van der Waals surface area contributed by atoms with Crippen LogP contribution in [0, 0.1) is 0 Å². The van der Waals surface area contributed by atoms with Crippen molar-refractivity contribution in [1.82, 2.24) is 0 Å². The van der Waals surface area contributed by atoms with Gasteiger partial charge in [-0.2, -0.15) is 0 Å². The number of carbonyl (C=O) groups is 2. The van der Waals surface area contributed by atoms with Crippen molar-refractivity contribution in [2.45, 2.75) is 26.2 Å². The molecule has 0 aliphatic heterocycles. The smallest absolute Gasteiger partial charge is 0.338 e. The van der Waals surface area contributed by atoms with Gasteiger partial charge < -0.3 is 9.47 Å². The van der Waals surface area contributed by atoms with Gasteiger partial charge in [0.25, 0.3) is 0 Å². The maximum absolute atomic E-state index is 12.6. The number of ether oxygens (including phenoxy) is 2. The number of anilines is 1. The predicted molar refractivity (Wildman–Crippen MR) is 126 cm³/mol. The van der Waals surface area contributed by atoms with Crippen LogP contribution in [-0.4, -0.2) is 26.8 Å². The Morgan fingerprint density at radius 2 is 1.67 bits per heavy atom. The third-order valence-electron chi connectivity index (χ3n) is 4.70. The Morgan fingerprint density at radius 3 is 2.36 bits per heavy atom. The Balaban J connectivity index is 1.70. The molecule has 0 atom stereocenters. The van der Waals surface area contributed by atoms with Crippen LogP contribution in [0.15, 0.2) is 72.8 Å². The van der Waals surface area contributed by atoms with E-state index in [1.54, 1.807) is 54.6 Å². The molecule has 0 aliphatic rings. The second-order valence-electron chi connectivity index (χ2n) is 7.32. The van der Waals surface area contributed by atoms with Gasteiger partial charge in [0, 0.05) is 16.8 Å². The summed E-state index contributed by atoms with van der Waals surface area (Å²) in [7, 11) is -3.66. The highest BCUT2D eigenvalue weighted by molar-refractivity contribution is 7.91. The second kappa shape index (κ2) is 10.8. The van der Waals surface area contributed by atoms with E-state index < -0.39 is 16.0 Å². The second-order valence-corrected chi connectivity index (χ2v) is 9.04. The molecule has 33 heavy (non-hydrogen) atoms. The zero-order valence-electron chi connectivity index (χ0n) is 18.4. The third-order valence-corrected chi connectivity index (χ3v) is 5.96. The SMILES string of the molecule is CCOc1ccc(C(C)=O)cc1COC(=O)c1cccc(NS(=O)(=O)Cc2ccccc2)c1. The summed E-state index contributed by atoms with van der Waals surface area (Å²) in [5.41, 5.74) is 2.15. The summed E-state index contributed by atoms with van der Waals surface area (Å²) in [6.45, 7) is 3.61. The van der Waals surface area contributed by atoms with Gasteiger partial charge in [-0.3, -0.25) is 9.52 Å². The minimum atomic E-state index is -3.66. The van der Waals surface area contributed by atoms with Crippen LogP contribution in [0.25, 0.3) is 0 Å². The number of Topliss-reactive ketones (excluding diaryl/α,β-unsaturated/α-hetero) is 1. The molecule has 0 radical (unpaired) electrons. The van der Waals surface area contributed by atoms with Crippen LogP contribution >= 0.6 is 0 Å². The third kappa shape index (κ3) is 6.92. The van der Waals surface area contributed by atoms with E-state index in [4.69, 9.17) is 9.47 Å². The molecule has 0 saturated carbocycles. The van der Waals surface area contributed by atoms with Crippen molar-refractivity contribution in [2.24, 2.45) is 0 Å². The molecule has 1 N–H and O–H groups in total. The summed E-state index contributed by atoms with van der Waals surface area (Å²) < 4.78 is 38.4. The van der Waals surface area contributed by atoms with Crippen molar-refractivity contribution in [2.75, 3.05) is 11.3 Å². The van der Waals surface area contributed by atoms with Crippen LogP contribution in [-0.2, 0) is 27.1 Å². The van der Waals surface area contributed by atoms with Gasteiger partial charge in [0.05, 0.1) is 17.9 Å². The number of hydrogen-bond acceptors (Lipinski definition) is 6. The Labute approximate surface area is 193 Å². The van der Waals surface area contributed by atoms with E-state index in [1.807, 2.05) is 13.0 Å². The number of nitrogens with one attached hydrogen (secondary N) is 1. The standard InChI is InChI=1S/C25H25NO6S/c1-3-31-24-13-12-20(18(2)27)14-22(24)16-32-25(28)21-10-7-11-23(15-21)26-33(29,30)17-19-8-5-4-6-9-19/h4-15,26H,3,16-17H2,1-2H3. The summed E-state index contributed by atoms with van der Waals surface area (Å²) in [6.07, 6.45) is 0. The number of hydrogen-bond donors (Lipinski definition) is 1. The largest absolute Gasteiger partial charge is 0.493 e. The number of esters is 1. The number of carbonyl (C=O) groups excluding carboxylic acids is 2. The summed E-state index contributed by atoms with van der Waals surface area (Å²) in [5, 5.41) is 0. The molecule has 3 aromatic carbocycles. The molecule has 0 bridgehead atoms. The van der Waals surface area contributed by atoms with Crippen LogP contribution in [0.4, 0.5) is 5.69 Å².